The number of ether oxygens (including phenoxy) is 2. The molecular formula is C24H22FN5O4. The molecule has 4 aromatic rings. The molecule has 0 unspecified atom stereocenters. The summed E-state index contributed by atoms with van der Waals surface area (Å²) < 4.78 is 31.5. The maximum Gasteiger partial charge on any atom is 0.259 e. The van der Waals surface area contributed by atoms with Crippen LogP contribution < -0.4 is 10.1 Å². The Morgan fingerprint density at radius 1 is 1.29 bits per heavy atom. The van der Waals surface area contributed by atoms with Crippen LogP contribution in [0.25, 0.3) is 16.9 Å². The highest BCUT2D eigenvalue weighted by Gasteiger charge is 2.43. The van der Waals surface area contributed by atoms with E-state index in [0.717, 1.165) is 12.0 Å². The van der Waals surface area contributed by atoms with E-state index in [9.17, 15) is 9.18 Å². The predicted molar refractivity (Wildman–Crippen MR) is 120 cm³/mol. The maximum absolute atomic E-state index is 13.3. The summed E-state index contributed by atoms with van der Waals surface area (Å²) in [6.07, 6.45) is 3.64. The molecule has 3 aromatic heterocycles. The number of anilines is 1. The van der Waals surface area contributed by atoms with Crippen molar-refractivity contribution in [2.45, 2.75) is 38.0 Å². The number of carbonyl (C=O) groups excluding carboxylic acids is 1. The first-order chi connectivity index (χ1) is 16.5. The van der Waals surface area contributed by atoms with Crippen LogP contribution in [-0.2, 0) is 4.74 Å². The molecular weight excluding hydrogens is 441 g/mol. The summed E-state index contributed by atoms with van der Waals surface area (Å²) in [6.45, 7) is 3.14. The van der Waals surface area contributed by atoms with E-state index in [1.54, 1.807) is 22.8 Å². The van der Waals surface area contributed by atoms with Crippen molar-refractivity contribution in [3.63, 3.8) is 0 Å². The van der Waals surface area contributed by atoms with E-state index in [-0.39, 0.29) is 17.9 Å². The summed E-state index contributed by atoms with van der Waals surface area (Å²) in [4.78, 5) is 17.5. The van der Waals surface area contributed by atoms with Gasteiger partial charge in [-0.3, -0.25) is 4.79 Å². The van der Waals surface area contributed by atoms with Gasteiger partial charge in [0.05, 0.1) is 36.4 Å². The Bertz CT molecular complexity index is 1380. The molecule has 0 spiro atoms. The van der Waals surface area contributed by atoms with Gasteiger partial charge in [-0.25, -0.2) is 8.91 Å². The molecule has 2 aliphatic rings. The molecule has 9 nitrogen and oxygen atoms in total. The van der Waals surface area contributed by atoms with E-state index in [0.29, 0.717) is 59.4 Å². The Morgan fingerprint density at radius 3 is 2.97 bits per heavy atom. The van der Waals surface area contributed by atoms with Crippen LogP contribution in [0.5, 0.6) is 5.75 Å². The lowest BCUT2D eigenvalue weighted by Crippen LogP contribution is -2.16. The van der Waals surface area contributed by atoms with Gasteiger partial charge in [0.25, 0.3) is 5.91 Å². The van der Waals surface area contributed by atoms with Gasteiger partial charge in [0.15, 0.2) is 0 Å². The Labute approximate surface area is 193 Å². The fourth-order valence-corrected chi connectivity index (χ4v) is 4.02. The highest BCUT2D eigenvalue weighted by atomic mass is 19.1. The number of fused-ring (bicyclic) bond motifs is 1. The van der Waals surface area contributed by atoms with Gasteiger partial charge in [-0.1, -0.05) is 17.3 Å². The summed E-state index contributed by atoms with van der Waals surface area (Å²) >= 11 is 0. The van der Waals surface area contributed by atoms with Crippen molar-refractivity contribution in [2.24, 2.45) is 0 Å². The van der Waals surface area contributed by atoms with Crippen molar-refractivity contribution < 1.29 is 23.2 Å². The van der Waals surface area contributed by atoms with Crippen molar-refractivity contribution in [3.8, 4) is 17.1 Å². The molecule has 4 heterocycles. The topological polar surface area (TPSA) is 104 Å². The zero-order chi connectivity index (χ0) is 23.2. The Hall–Kier alpha value is -3.79. The van der Waals surface area contributed by atoms with Crippen LogP contribution in [-0.4, -0.2) is 51.2 Å². The molecule has 1 N–H and O–H groups in total. The number of rotatable bonds is 6. The van der Waals surface area contributed by atoms with E-state index in [1.807, 2.05) is 25.1 Å². The molecule has 174 valence electrons. The average Bonchev–Trinajstić information content (AvgIpc) is 3.29. The third kappa shape index (κ3) is 3.90. The fraction of sp³-hybridized carbons (Fsp3) is 0.333. The van der Waals surface area contributed by atoms with E-state index in [1.165, 1.54) is 6.20 Å². The number of carbonyl (C=O) groups is 1. The van der Waals surface area contributed by atoms with Gasteiger partial charge >= 0.3 is 0 Å². The monoisotopic (exact) mass is 463 g/mol. The van der Waals surface area contributed by atoms with Crippen molar-refractivity contribution in [2.75, 3.05) is 18.5 Å². The number of pyridine rings is 1. The van der Waals surface area contributed by atoms with Crippen molar-refractivity contribution in [1.29, 1.82) is 0 Å². The third-order valence-corrected chi connectivity index (χ3v) is 6.14. The molecule has 1 saturated heterocycles. The van der Waals surface area contributed by atoms with Crippen molar-refractivity contribution >= 4 is 17.1 Å². The van der Waals surface area contributed by atoms with Crippen LogP contribution in [0.2, 0.25) is 0 Å². The maximum atomic E-state index is 13.3. The number of alkyl halides is 1. The second-order valence-electron chi connectivity index (χ2n) is 8.65. The number of nitrogens with one attached hydrogen (secondary N) is 1. The molecule has 34 heavy (non-hydrogen) atoms. The standard InChI is InChI=1S/C24H22FN5O4/c1-13-2-3-14(22-28-24(34-29-22)17-10-19(17)25)8-20(13)27-23(31)18-11-26-30-6-4-15(9-21(18)30)33-16-5-7-32-12-16/h2-4,6,8-9,11,16-17,19H,5,7,10,12H2,1H3,(H,27,31)/t16-,17-,19-/m0/s1. The molecule has 1 aliphatic carbocycles. The van der Waals surface area contributed by atoms with Crippen molar-refractivity contribution in [3.05, 3.63) is 59.7 Å². The largest absolute Gasteiger partial charge is 0.488 e. The summed E-state index contributed by atoms with van der Waals surface area (Å²) in [7, 11) is 0. The zero-order valence-electron chi connectivity index (χ0n) is 18.4. The molecule has 10 heteroatoms. The Morgan fingerprint density at radius 2 is 2.18 bits per heavy atom. The predicted octanol–water partition coefficient (Wildman–Crippen LogP) is 3.94. The summed E-state index contributed by atoms with van der Waals surface area (Å²) in [5, 5.41) is 11.2. The number of benzene rings is 1. The number of nitrogens with zero attached hydrogens (tertiary/aromatic N) is 4. The molecule has 1 saturated carbocycles. The van der Waals surface area contributed by atoms with E-state index in [2.05, 4.69) is 20.6 Å². The summed E-state index contributed by atoms with van der Waals surface area (Å²) in [6, 6.07) is 9.11. The van der Waals surface area contributed by atoms with Gasteiger partial charge in [-0.15, -0.1) is 0 Å². The molecule has 6 rings (SSSR count). The highest BCUT2D eigenvalue weighted by Crippen LogP contribution is 2.43. The minimum Gasteiger partial charge on any atom is -0.488 e. The lowest BCUT2D eigenvalue weighted by molar-refractivity contribution is 0.102. The van der Waals surface area contributed by atoms with E-state index < -0.39 is 6.17 Å². The molecule has 1 aliphatic heterocycles. The lowest BCUT2D eigenvalue weighted by Gasteiger charge is -2.12. The number of aromatic nitrogens is 4. The number of hydrogen-bond acceptors (Lipinski definition) is 7. The van der Waals surface area contributed by atoms with Crippen LogP contribution in [0.1, 0.15) is 40.6 Å². The van der Waals surface area contributed by atoms with Crippen LogP contribution in [0.15, 0.2) is 47.2 Å². The molecule has 0 radical (unpaired) electrons. The smallest absolute Gasteiger partial charge is 0.259 e. The van der Waals surface area contributed by atoms with Crippen LogP contribution in [0.4, 0.5) is 10.1 Å². The second-order valence-corrected chi connectivity index (χ2v) is 8.65. The SMILES string of the molecule is Cc1ccc(-c2noc([C@H]3C[C@@H]3F)n2)cc1NC(=O)c1cnn2ccc(O[C@H]3CCOC3)cc12. The quantitative estimate of drug-likeness (QED) is 0.462. The van der Waals surface area contributed by atoms with Crippen LogP contribution >= 0.6 is 0 Å². The molecule has 3 atom stereocenters. The normalized spacial score (nSPS) is 21.6. The third-order valence-electron chi connectivity index (χ3n) is 6.14. The zero-order valence-corrected chi connectivity index (χ0v) is 18.4. The fourth-order valence-electron chi connectivity index (χ4n) is 4.02. The molecule has 1 amide bonds. The average molecular weight is 463 g/mol. The van der Waals surface area contributed by atoms with Gasteiger partial charge in [0, 0.05) is 29.9 Å². The van der Waals surface area contributed by atoms with Gasteiger partial charge in [-0.05, 0) is 31.0 Å². The first-order valence-electron chi connectivity index (χ1n) is 11.2. The minimum atomic E-state index is -0.913. The number of amides is 1. The summed E-state index contributed by atoms with van der Waals surface area (Å²) in [5.74, 6) is 0.718. The van der Waals surface area contributed by atoms with Gasteiger partial charge in [0.2, 0.25) is 11.7 Å². The van der Waals surface area contributed by atoms with Crippen LogP contribution in [0.3, 0.4) is 0 Å². The number of aryl methyl sites for hydroxylation is 1. The molecule has 1 aromatic carbocycles. The summed E-state index contributed by atoms with van der Waals surface area (Å²) in [5.41, 5.74) is 3.20. The Balaban J connectivity index is 1.24. The second kappa shape index (κ2) is 8.21. The Kier molecular flexibility index (Phi) is 5.02. The number of hydrogen-bond donors (Lipinski definition) is 1. The minimum absolute atomic E-state index is 0.00870. The number of halogens is 1. The van der Waals surface area contributed by atoms with Gasteiger partial charge in [-0.2, -0.15) is 10.1 Å². The van der Waals surface area contributed by atoms with Gasteiger partial charge in [0.1, 0.15) is 18.0 Å². The first-order valence-corrected chi connectivity index (χ1v) is 11.2. The highest BCUT2D eigenvalue weighted by molar-refractivity contribution is 6.09. The molecule has 2 fully saturated rings. The van der Waals surface area contributed by atoms with E-state index >= 15 is 0 Å². The van der Waals surface area contributed by atoms with Crippen molar-refractivity contribution in [1.82, 2.24) is 19.8 Å². The van der Waals surface area contributed by atoms with Gasteiger partial charge < -0.3 is 19.3 Å². The lowest BCUT2D eigenvalue weighted by atomic mass is 10.1. The molecule has 0 bridgehead atoms. The first kappa shape index (κ1) is 20.8. The van der Waals surface area contributed by atoms with Crippen LogP contribution in [0, 0.1) is 6.92 Å². The van der Waals surface area contributed by atoms with E-state index in [4.69, 9.17) is 14.0 Å².